The van der Waals surface area contributed by atoms with Gasteiger partial charge in [0.05, 0.1) is 32.6 Å². The first-order valence-corrected chi connectivity index (χ1v) is 15.2. The normalized spacial score (nSPS) is 11.7. The van der Waals surface area contributed by atoms with Crippen LogP contribution in [0.4, 0.5) is 0 Å². The van der Waals surface area contributed by atoms with Crippen molar-refractivity contribution in [2.45, 2.75) is 12.8 Å². The van der Waals surface area contributed by atoms with Crippen molar-refractivity contribution in [3.05, 3.63) is 152 Å². The molecule has 48 heavy (non-hydrogen) atoms. The van der Waals surface area contributed by atoms with Crippen LogP contribution in [0.2, 0.25) is 0 Å². The van der Waals surface area contributed by atoms with Crippen molar-refractivity contribution < 1.29 is 17.9 Å². The summed E-state index contributed by atoms with van der Waals surface area (Å²) in [7, 11) is 0. The van der Waals surface area contributed by atoms with Crippen molar-refractivity contribution in [2.24, 2.45) is 0 Å². The van der Waals surface area contributed by atoms with Gasteiger partial charge in [0, 0.05) is 0 Å². The fourth-order valence-electron chi connectivity index (χ4n) is 5.98. The quantitative estimate of drug-likeness (QED) is 0.182. The molecule has 0 amide bonds. The minimum absolute atomic E-state index is 0.124. The van der Waals surface area contributed by atoms with E-state index < -0.39 is 11.3 Å². The number of nitrogens with zero attached hydrogens (tertiary/aromatic N) is 4. The molecular weight excluding hydrogens is 608 g/mol. The summed E-state index contributed by atoms with van der Waals surface area (Å²) in [5, 5.41) is 10.6. The number of benzene rings is 5. The van der Waals surface area contributed by atoms with Gasteiger partial charge in [-0.3, -0.25) is 0 Å². The predicted molar refractivity (Wildman–Crippen MR) is 179 cm³/mol. The molecule has 9 aromatic rings. The third-order valence-corrected chi connectivity index (χ3v) is 8.39. The van der Waals surface area contributed by atoms with E-state index in [-0.39, 0.29) is 11.8 Å². The van der Waals surface area contributed by atoms with Crippen LogP contribution in [0.25, 0.3) is 66.9 Å². The van der Waals surface area contributed by atoms with Gasteiger partial charge in [-0.25, -0.2) is 19.6 Å². The van der Waals surface area contributed by atoms with Crippen molar-refractivity contribution in [1.82, 2.24) is 20.3 Å². The molecule has 4 heterocycles. The summed E-state index contributed by atoms with van der Waals surface area (Å²) in [5.41, 5.74) is 6.47. The largest absolute Gasteiger partial charge is 0.401 e. The van der Waals surface area contributed by atoms with Crippen molar-refractivity contribution in [2.75, 3.05) is 0 Å². The van der Waals surface area contributed by atoms with Gasteiger partial charge >= 0.3 is 11.3 Å². The molecule has 0 aliphatic carbocycles. The van der Waals surface area contributed by atoms with Crippen LogP contribution in [0.5, 0.6) is 0 Å². The van der Waals surface area contributed by atoms with Gasteiger partial charge in [0.25, 0.3) is 11.8 Å². The molecule has 9 rings (SSSR count). The number of hydrogen-bond acceptors (Lipinski definition) is 10. The van der Waals surface area contributed by atoms with Crippen molar-refractivity contribution in [1.29, 1.82) is 0 Å². The van der Waals surface area contributed by atoms with E-state index in [1.54, 1.807) is 36.4 Å². The molecule has 0 saturated carbocycles. The predicted octanol–water partition coefficient (Wildman–Crippen LogP) is 7.49. The van der Waals surface area contributed by atoms with Gasteiger partial charge in [0.2, 0.25) is 0 Å². The molecule has 0 atom stereocenters. The van der Waals surface area contributed by atoms with E-state index in [9.17, 15) is 9.59 Å². The molecule has 0 aliphatic rings. The lowest BCUT2D eigenvalue weighted by atomic mass is 9.99. The van der Waals surface area contributed by atoms with Crippen LogP contribution in [0.3, 0.4) is 0 Å². The molecular formula is C38H22N4O6. The van der Waals surface area contributed by atoms with Gasteiger partial charge in [-0.15, -0.1) is 0 Å². The van der Waals surface area contributed by atoms with Gasteiger partial charge in [-0.1, -0.05) is 71.0 Å². The summed E-state index contributed by atoms with van der Waals surface area (Å²) < 4.78 is 22.2. The third kappa shape index (κ3) is 4.83. The zero-order valence-corrected chi connectivity index (χ0v) is 25.0. The van der Waals surface area contributed by atoms with Gasteiger partial charge in [-0.05, 0) is 83.6 Å². The molecule has 0 N–H and O–H groups in total. The highest BCUT2D eigenvalue weighted by atomic mass is 16.5. The summed E-state index contributed by atoms with van der Waals surface area (Å²) in [4.78, 5) is 33.9. The van der Waals surface area contributed by atoms with Crippen LogP contribution in [0, 0.1) is 0 Å². The second-order valence-corrected chi connectivity index (χ2v) is 11.5. The van der Waals surface area contributed by atoms with Gasteiger partial charge in [0.1, 0.15) is 0 Å². The molecule has 5 aromatic carbocycles. The van der Waals surface area contributed by atoms with Crippen LogP contribution in [-0.2, 0) is 12.8 Å². The van der Waals surface area contributed by atoms with Crippen LogP contribution in [0.1, 0.15) is 22.3 Å². The fraction of sp³-hybridized carbons (Fsp3) is 0.0526. The summed E-state index contributed by atoms with van der Waals surface area (Å²) in [6.45, 7) is 0. The van der Waals surface area contributed by atoms with E-state index in [1.165, 1.54) is 0 Å². The SMILES string of the molecule is O=c1oc(-c2noc3cc(Cc4ccc(Cc5ccc6c(-c7nc8ccccc8c(=O)o7)noc6c5)cc4)ccc23)nc2ccccc12. The maximum atomic E-state index is 12.5. The lowest BCUT2D eigenvalue weighted by Gasteiger charge is -2.06. The highest BCUT2D eigenvalue weighted by Gasteiger charge is 2.18. The molecule has 0 unspecified atom stereocenters. The average Bonchev–Trinajstić information content (AvgIpc) is 3.73. The highest BCUT2D eigenvalue weighted by molar-refractivity contribution is 5.91. The molecule has 10 heteroatoms. The Morgan fingerprint density at radius 3 is 1.33 bits per heavy atom. The number of aromatic nitrogens is 4. The Kier molecular flexibility index (Phi) is 6.32. The Bertz CT molecular complexity index is 2600. The van der Waals surface area contributed by atoms with Crippen LogP contribution in [0.15, 0.2) is 137 Å². The van der Waals surface area contributed by atoms with Crippen molar-refractivity contribution in [3.63, 3.8) is 0 Å². The number of para-hydroxylation sites is 2. The first-order valence-electron chi connectivity index (χ1n) is 15.2. The van der Waals surface area contributed by atoms with E-state index in [0.717, 1.165) is 22.3 Å². The van der Waals surface area contributed by atoms with Gasteiger partial charge in [0.15, 0.2) is 22.6 Å². The Balaban J connectivity index is 0.917. The Hall–Kier alpha value is -6.68. The van der Waals surface area contributed by atoms with E-state index in [1.807, 2.05) is 48.5 Å². The van der Waals surface area contributed by atoms with E-state index >= 15 is 0 Å². The molecule has 0 bridgehead atoms. The number of rotatable bonds is 6. The Morgan fingerprint density at radius 1 is 0.458 bits per heavy atom. The van der Waals surface area contributed by atoms with Crippen molar-refractivity contribution in [3.8, 4) is 23.2 Å². The minimum atomic E-state index is -0.467. The number of hydrogen-bond donors (Lipinski definition) is 0. The smallest absolute Gasteiger partial charge is 0.347 e. The molecule has 0 radical (unpaired) electrons. The topological polar surface area (TPSA) is 138 Å². The Labute approximate surface area is 269 Å². The molecule has 0 fully saturated rings. The molecule has 0 saturated heterocycles. The van der Waals surface area contributed by atoms with Crippen LogP contribution < -0.4 is 11.3 Å². The Morgan fingerprint density at radius 2 is 0.875 bits per heavy atom. The zero-order valence-electron chi connectivity index (χ0n) is 25.0. The summed E-state index contributed by atoms with van der Waals surface area (Å²) in [5.74, 6) is 0.248. The number of fused-ring (bicyclic) bond motifs is 4. The average molecular weight is 631 g/mol. The monoisotopic (exact) mass is 630 g/mol. The third-order valence-electron chi connectivity index (χ3n) is 8.39. The highest BCUT2D eigenvalue weighted by Crippen LogP contribution is 2.30. The first-order chi connectivity index (χ1) is 23.6. The van der Waals surface area contributed by atoms with Crippen molar-refractivity contribution >= 4 is 43.7 Å². The maximum absolute atomic E-state index is 12.5. The molecule has 0 spiro atoms. The fourth-order valence-corrected chi connectivity index (χ4v) is 5.98. The standard InChI is InChI=1S/C38H22N4O6/c43-37-25-5-1-3-7-29(25)39-35(45-37)33-27-15-13-23(19-31(27)47-41-33)17-21-9-11-22(12-10-21)18-24-14-16-28-32(20-24)48-42-34(28)36-40-30-8-4-2-6-26(30)38(44)46-36/h1-16,19-20H,17-18H2. The van der Waals surface area contributed by atoms with E-state index in [0.29, 0.717) is 68.0 Å². The first kappa shape index (κ1) is 27.6. The molecule has 10 nitrogen and oxygen atoms in total. The van der Waals surface area contributed by atoms with Gasteiger partial charge < -0.3 is 17.9 Å². The maximum Gasteiger partial charge on any atom is 0.347 e. The van der Waals surface area contributed by atoms with E-state index in [2.05, 4.69) is 44.5 Å². The van der Waals surface area contributed by atoms with Gasteiger partial charge in [-0.2, -0.15) is 0 Å². The molecule has 230 valence electrons. The van der Waals surface area contributed by atoms with Crippen LogP contribution in [-0.4, -0.2) is 20.3 Å². The lowest BCUT2D eigenvalue weighted by Crippen LogP contribution is -2.02. The molecule has 4 aromatic heterocycles. The second kappa shape index (κ2) is 11.0. The summed E-state index contributed by atoms with van der Waals surface area (Å²) in [6, 6.07) is 34.2. The summed E-state index contributed by atoms with van der Waals surface area (Å²) in [6.07, 6.45) is 1.39. The minimum Gasteiger partial charge on any atom is -0.401 e. The van der Waals surface area contributed by atoms with E-state index in [4.69, 9.17) is 17.9 Å². The second-order valence-electron chi connectivity index (χ2n) is 11.5. The lowest BCUT2D eigenvalue weighted by molar-refractivity contribution is 0.448. The van der Waals surface area contributed by atoms with Crippen LogP contribution >= 0.6 is 0 Å². The molecule has 0 aliphatic heterocycles. The zero-order chi connectivity index (χ0) is 32.2. The summed E-state index contributed by atoms with van der Waals surface area (Å²) >= 11 is 0.